The number of carbonyl (C=O) groups is 1. The number of hydrogen-bond acceptors (Lipinski definition) is 6. The second kappa shape index (κ2) is 10.1. The van der Waals surface area contributed by atoms with Crippen LogP contribution in [0.15, 0.2) is 52.1 Å². The zero-order valence-electron chi connectivity index (χ0n) is 16.2. The van der Waals surface area contributed by atoms with Gasteiger partial charge in [0.2, 0.25) is 11.8 Å². The molecule has 164 valence electrons. The molecule has 0 unspecified atom stereocenters. The van der Waals surface area contributed by atoms with Crippen LogP contribution in [0.5, 0.6) is 5.75 Å². The van der Waals surface area contributed by atoms with Crippen molar-refractivity contribution in [3.05, 3.63) is 53.1 Å². The first-order valence-corrected chi connectivity index (χ1v) is 10.5. The Bertz CT molecular complexity index is 1040. The summed E-state index contributed by atoms with van der Waals surface area (Å²) in [6.45, 7) is 2.17. The predicted molar refractivity (Wildman–Crippen MR) is 111 cm³/mol. The summed E-state index contributed by atoms with van der Waals surface area (Å²) in [6.07, 6.45) is -3.88. The smallest absolute Gasteiger partial charge is 0.416 e. The van der Waals surface area contributed by atoms with Crippen molar-refractivity contribution in [2.75, 3.05) is 17.7 Å². The Labute approximate surface area is 185 Å². The van der Waals surface area contributed by atoms with Gasteiger partial charge in [-0.3, -0.25) is 4.79 Å². The van der Waals surface area contributed by atoms with Crippen LogP contribution in [0.1, 0.15) is 18.9 Å². The highest BCUT2D eigenvalue weighted by atomic mass is 35.5. The van der Waals surface area contributed by atoms with Gasteiger partial charge in [0, 0.05) is 10.6 Å². The lowest BCUT2D eigenvalue weighted by Gasteiger charge is -2.15. The third-order valence-corrected chi connectivity index (χ3v) is 4.94. The quantitative estimate of drug-likeness (QED) is 0.410. The lowest BCUT2D eigenvalue weighted by Crippen LogP contribution is -2.16. The highest BCUT2D eigenvalue weighted by Gasteiger charge is 2.31. The molecular weight excluding hydrogens is 455 g/mol. The summed E-state index contributed by atoms with van der Waals surface area (Å²) in [7, 11) is 0. The molecule has 3 aromatic rings. The maximum atomic E-state index is 13.0. The number of halogens is 4. The van der Waals surface area contributed by atoms with E-state index in [2.05, 4.69) is 15.5 Å². The minimum atomic E-state index is -4.54. The Morgan fingerprint density at radius 2 is 1.94 bits per heavy atom. The molecule has 0 spiro atoms. The summed E-state index contributed by atoms with van der Waals surface area (Å²) in [4.78, 5) is 12.3. The average molecular weight is 472 g/mol. The number of anilines is 1. The van der Waals surface area contributed by atoms with Crippen LogP contribution in [-0.4, -0.2) is 28.5 Å². The third-order valence-electron chi connectivity index (χ3n) is 3.87. The number of carbonyl (C=O) groups excluding carboxylic acids is 1. The first kappa shape index (κ1) is 23.0. The van der Waals surface area contributed by atoms with E-state index in [1.807, 2.05) is 6.92 Å². The minimum absolute atomic E-state index is 0.0544. The normalized spacial score (nSPS) is 11.4. The van der Waals surface area contributed by atoms with Gasteiger partial charge >= 0.3 is 6.18 Å². The third kappa shape index (κ3) is 6.38. The summed E-state index contributed by atoms with van der Waals surface area (Å²) < 4.78 is 50.0. The number of nitrogens with one attached hydrogen (secondary N) is 1. The Kier molecular flexibility index (Phi) is 7.45. The van der Waals surface area contributed by atoms with Gasteiger partial charge < -0.3 is 14.5 Å². The van der Waals surface area contributed by atoms with Gasteiger partial charge in [-0.1, -0.05) is 30.3 Å². The zero-order chi connectivity index (χ0) is 22.4. The fraction of sp³-hybridized carbons (Fsp3) is 0.250. The molecule has 0 aliphatic carbocycles. The molecule has 1 N–H and O–H groups in total. The minimum Gasteiger partial charge on any atom is -0.491 e. The maximum Gasteiger partial charge on any atom is 0.416 e. The van der Waals surface area contributed by atoms with Crippen LogP contribution in [0.25, 0.3) is 11.5 Å². The van der Waals surface area contributed by atoms with Crippen molar-refractivity contribution in [1.29, 1.82) is 0 Å². The van der Waals surface area contributed by atoms with E-state index in [0.29, 0.717) is 23.6 Å². The lowest BCUT2D eigenvalue weighted by molar-refractivity contribution is -0.137. The van der Waals surface area contributed by atoms with Crippen molar-refractivity contribution >= 4 is 35.0 Å². The van der Waals surface area contributed by atoms with E-state index in [1.54, 1.807) is 24.3 Å². The molecule has 0 fully saturated rings. The number of amides is 1. The van der Waals surface area contributed by atoms with Crippen LogP contribution in [0.2, 0.25) is 5.02 Å². The predicted octanol–water partition coefficient (Wildman–Crippen LogP) is 5.93. The van der Waals surface area contributed by atoms with Crippen molar-refractivity contribution < 1.29 is 27.1 Å². The molecule has 1 amide bonds. The number of ether oxygens (including phenoxy) is 1. The molecule has 0 bridgehead atoms. The molecule has 3 rings (SSSR count). The summed E-state index contributed by atoms with van der Waals surface area (Å²) >= 11 is 6.80. The molecular formula is C20H17ClF3N3O3S. The molecule has 1 aromatic heterocycles. The molecule has 0 saturated carbocycles. The highest BCUT2D eigenvalue weighted by Crippen LogP contribution is 2.35. The first-order valence-electron chi connectivity index (χ1n) is 9.12. The fourth-order valence-electron chi connectivity index (χ4n) is 2.43. The number of thioether (sulfide) groups is 1. The van der Waals surface area contributed by atoms with Gasteiger partial charge in [0.15, 0.2) is 0 Å². The van der Waals surface area contributed by atoms with Gasteiger partial charge in [0.25, 0.3) is 5.22 Å². The van der Waals surface area contributed by atoms with E-state index in [9.17, 15) is 18.0 Å². The SMILES string of the molecule is CCCOc1ccc(C(F)(F)F)cc1NC(=O)CSc1nnc(-c2ccc(Cl)cc2)o1. The molecule has 0 saturated heterocycles. The number of rotatable bonds is 8. The zero-order valence-corrected chi connectivity index (χ0v) is 17.8. The van der Waals surface area contributed by atoms with Crippen LogP contribution in [0.3, 0.4) is 0 Å². The van der Waals surface area contributed by atoms with E-state index >= 15 is 0 Å². The molecule has 1 heterocycles. The van der Waals surface area contributed by atoms with E-state index < -0.39 is 17.6 Å². The van der Waals surface area contributed by atoms with E-state index in [-0.39, 0.29) is 28.3 Å². The van der Waals surface area contributed by atoms with Crippen molar-refractivity contribution in [1.82, 2.24) is 10.2 Å². The second-order valence-electron chi connectivity index (χ2n) is 6.27. The highest BCUT2D eigenvalue weighted by molar-refractivity contribution is 7.99. The van der Waals surface area contributed by atoms with Crippen LogP contribution in [0, 0.1) is 0 Å². The maximum absolute atomic E-state index is 13.0. The van der Waals surface area contributed by atoms with Gasteiger partial charge in [0.1, 0.15) is 5.75 Å². The second-order valence-corrected chi connectivity index (χ2v) is 7.64. The van der Waals surface area contributed by atoms with Crippen molar-refractivity contribution in [3.8, 4) is 17.2 Å². The van der Waals surface area contributed by atoms with Crippen LogP contribution in [0.4, 0.5) is 18.9 Å². The summed E-state index contributed by atoms with van der Waals surface area (Å²) in [5, 5.41) is 10.9. The van der Waals surface area contributed by atoms with Crippen LogP contribution in [-0.2, 0) is 11.0 Å². The largest absolute Gasteiger partial charge is 0.491 e. The van der Waals surface area contributed by atoms with Gasteiger partial charge in [0.05, 0.1) is 23.6 Å². The summed E-state index contributed by atoms with van der Waals surface area (Å²) in [5.41, 5.74) is -0.278. The molecule has 2 aromatic carbocycles. The summed E-state index contributed by atoms with van der Waals surface area (Å²) in [5.74, 6) is -0.272. The average Bonchev–Trinajstić information content (AvgIpc) is 3.20. The monoisotopic (exact) mass is 471 g/mol. The van der Waals surface area contributed by atoms with E-state index in [1.165, 1.54) is 6.07 Å². The Morgan fingerprint density at radius 3 is 2.61 bits per heavy atom. The van der Waals surface area contributed by atoms with Crippen LogP contribution < -0.4 is 10.1 Å². The van der Waals surface area contributed by atoms with Gasteiger partial charge in [-0.05, 0) is 48.9 Å². The first-order chi connectivity index (χ1) is 14.8. The fourth-order valence-corrected chi connectivity index (χ4v) is 3.12. The lowest BCUT2D eigenvalue weighted by atomic mass is 10.1. The molecule has 6 nitrogen and oxygen atoms in total. The molecule has 0 aliphatic rings. The molecule has 11 heteroatoms. The standard InChI is InChI=1S/C20H17ClF3N3O3S/c1-2-9-29-16-8-5-13(20(22,23)24)10-15(16)25-17(28)11-31-19-27-26-18(30-19)12-3-6-14(21)7-4-12/h3-8,10H,2,9,11H2,1H3,(H,25,28). The van der Waals surface area contributed by atoms with Gasteiger partial charge in [-0.15, -0.1) is 10.2 Å². The number of alkyl halides is 3. The van der Waals surface area contributed by atoms with E-state index in [4.69, 9.17) is 20.8 Å². The van der Waals surface area contributed by atoms with E-state index in [0.717, 1.165) is 23.9 Å². The molecule has 0 atom stereocenters. The van der Waals surface area contributed by atoms with Crippen molar-refractivity contribution in [3.63, 3.8) is 0 Å². The Morgan fingerprint density at radius 1 is 1.19 bits per heavy atom. The molecule has 31 heavy (non-hydrogen) atoms. The summed E-state index contributed by atoms with van der Waals surface area (Å²) in [6, 6.07) is 9.72. The number of benzene rings is 2. The van der Waals surface area contributed by atoms with Crippen molar-refractivity contribution in [2.45, 2.75) is 24.7 Å². The topological polar surface area (TPSA) is 77.2 Å². The Hall–Kier alpha value is -2.72. The van der Waals surface area contributed by atoms with Crippen molar-refractivity contribution in [2.24, 2.45) is 0 Å². The molecule has 0 aliphatic heterocycles. The number of nitrogens with zero attached hydrogens (tertiary/aromatic N) is 2. The number of hydrogen-bond donors (Lipinski definition) is 1. The number of aromatic nitrogens is 2. The van der Waals surface area contributed by atoms with Gasteiger partial charge in [-0.25, -0.2) is 0 Å². The molecule has 0 radical (unpaired) electrons. The van der Waals surface area contributed by atoms with Gasteiger partial charge in [-0.2, -0.15) is 13.2 Å². The Balaban J connectivity index is 1.65. The van der Waals surface area contributed by atoms with Crippen LogP contribution >= 0.6 is 23.4 Å².